The van der Waals surface area contributed by atoms with E-state index in [9.17, 15) is 0 Å². The summed E-state index contributed by atoms with van der Waals surface area (Å²) in [7, 11) is 1.68. The molecule has 0 unspecified atom stereocenters. The fourth-order valence-electron chi connectivity index (χ4n) is 1.91. The lowest BCUT2D eigenvalue weighted by molar-refractivity contribution is 0.386. The van der Waals surface area contributed by atoms with Gasteiger partial charge in [-0.15, -0.1) is 0 Å². The van der Waals surface area contributed by atoms with Gasteiger partial charge in [-0.1, -0.05) is 32.0 Å². The number of methoxy groups -OCH3 is 1. The third-order valence-corrected chi connectivity index (χ3v) is 2.65. The van der Waals surface area contributed by atoms with Crippen LogP contribution in [0, 0.1) is 17.2 Å². The minimum absolute atomic E-state index is 0.172. The molecule has 1 N–H and O–H groups in total. The Morgan fingerprint density at radius 3 is 2.65 bits per heavy atom. The summed E-state index contributed by atoms with van der Waals surface area (Å²) in [4.78, 5) is 0. The van der Waals surface area contributed by atoms with Crippen molar-refractivity contribution < 1.29 is 4.74 Å². The Balaban J connectivity index is 2.91. The lowest BCUT2D eigenvalue weighted by Gasteiger charge is -2.21. The van der Waals surface area contributed by atoms with Gasteiger partial charge >= 0.3 is 0 Å². The molecule has 0 aliphatic carbocycles. The third-order valence-electron chi connectivity index (χ3n) is 2.65. The van der Waals surface area contributed by atoms with Gasteiger partial charge in [-0.2, -0.15) is 5.26 Å². The Bertz CT molecular complexity index is 382. The molecule has 0 fully saturated rings. The molecule has 0 spiro atoms. The van der Waals surface area contributed by atoms with Gasteiger partial charge in [0.1, 0.15) is 5.75 Å². The lowest BCUT2D eigenvalue weighted by atomic mass is 9.96. The van der Waals surface area contributed by atoms with Gasteiger partial charge in [0.15, 0.2) is 0 Å². The van der Waals surface area contributed by atoms with Gasteiger partial charge in [-0.25, -0.2) is 0 Å². The molecule has 0 bridgehead atoms. The van der Waals surface area contributed by atoms with Crippen molar-refractivity contribution in [1.82, 2.24) is 5.32 Å². The molecule has 0 aromatic heterocycles. The number of hydrogen-bond donors (Lipinski definition) is 1. The van der Waals surface area contributed by atoms with Crippen molar-refractivity contribution in [2.24, 2.45) is 5.92 Å². The van der Waals surface area contributed by atoms with Crippen LogP contribution < -0.4 is 10.1 Å². The Kier molecular flexibility index (Phi) is 5.51. The van der Waals surface area contributed by atoms with E-state index in [2.05, 4.69) is 31.3 Å². The maximum Gasteiger partial charge on any atom is 0.123 e. The van der Waals surface area contributed by atoms with Crippen LogP contribution in [0.25, 0.3) is 0 Å². The molecule has 0 aliphatic rings. The average molecular weight is 232 g/mol. The zero-order valence-electron chi connectivity index (χ0n) is 10.7. The molecule has 1 aromatic carbocycles. The van der Waals surface area contributed by atoms with Crippen LogP contribution in [-0.4, -0.2) is 13.7 Å². The summed E-state index contributed by atoms with van der Waals surface area (Å²) >= 11 is 0. The van der Waals surface area contributed by atoms with Gasteiger partial charge in [-0.05, 0) is 18.4 Å². The predicted octanol–water partition coefficient (Wildman–Crippen LogP) is 2.90. The Morgan fingerprint density at radius 2 is 2.06 bits per heavy atom. The van der Waals surface area contributed by atoms with Crippen LogP contribution in [0.2, 0.25) is 0 Å². The first-order valence-corrected chi connectivity index (χ1v) is 5.92. The number of ether oxygens (including phenoxy) is 1. The first kappa shape index (κ1) is 13.5. The molecular formula is C14H20N2O. The molecule has 1 rings (SSSR count). The molecule has 1 aromatic rings. The molecule has 0 aliphatic heterocycles. The van der Waals surface area contributed by atoms with Crippen LogP contribution in [0.5, 0.6) is 5.75 Å². The van der Waals surface area contributed by atoms with Gasteiger partial charge in [0.05, 0.1) is 19.7 Å². The largest absolute Gasteiger partial charge is 0.496 e. The van der Waals surface area contributed by atoms with Crippen molar-refractivity contribution in [2.45, 2.75) is 26.3 Å². The molecule has 0 amide bonds. The highest BCUT2D eigenvalue weighted by Gasteiger charge is 2.16. The van der Waals surface area contributed by atoms with Crippen molar-refractivity contribution in [2.75, 3.05) is 13.7 Å². The molecule has 3 heteroatoms. The number of nitriles is 1. The average Bonchev–Trinajstić information content (AvgIpc) is 2.34. The molecule has 3 nitrogen and oxygen atoms in total. The highest BCUT2D eigenvalue weighted by Crippen LogP contribution is 2.28. The normalized spacial score (nSPS) is 12.2. The highest BCUT2D eigenvalue weighted by atomic mass is 16.5. The van der Waals surface area contributed by atoms with Gasteiger partial charge in [0.2, 0.25) is 0 Å². The molecule has 1 atom stereocenters. The lowest BCUT2D eigenvalue weighted by Crippen LogP contribution is -2.23. The van der Waals surface area contributed by atoms with E-state index in [1.165, 1.54) is 0 Å². The van der Waals surface area contributed by atoms with E-state index < -0.39 is 0 Å². The number of rotatable bonds is 6. The number of nitrogens with one attached hydrogen (secondary N) is 1. The van der Waals surface area contributed by atoms with E-state index in [1.54, 1.807) is 7.11 Å². The van der Waals surface area contributed by atoms with Gasteiger partial charge < -0.3 is 4.74 Å². The fraction of sp³-hybridized carbons (Fsp3) is 0.500. The van der Waals surface area contributed by atoms with Gasteiger partial charge in [0.25, 0.3) is 0 Å². The SMILES string of the molecule is COc1ccccc1[C@@H](CC(C)C)NCC#N. The van der Waals surface area contributed by atoms with Gasteiger partial charge in [-0.3, -0.25) is 5.32 Å². The number of benzene rings is 1. The van der Waals surface area contributed by atoms with Crippen molar-refractivity contribution in [3.63, 3.8) is 0 Å². The smallest absolute Gasteiger partial charge is 0.123 e. The van der Waals surface area contributed by atoms with Crippen LogP contribution >= 0.6 is 0 Å². The summed E-state index contributed by atoms with van der Waals surface area (Å²) in [5.41, 5.74) is 1.12. The molecule has 0 saturated heterocycles. The van der Waals surface area contributed by atoms with Crippen LogP contribution in [0.15, 0.2) is 24.3 Å². The molecule has 17 heavy (non-hydrogen) atoms. The Hall–Kier alpha value is -1.53. The van der Waals surface area contributed by atoms with E-state index in [1.807, 2.05) is 18.2 Å². The summed E-state index contributed by atoms with van der Waals surface area (Å²) in [6.07, 6.45) is 0.988. The fourth-order valence-corrected chi connectivity index (χ4v) is 1.91. The molecular weight excluding hydrogens is 212 g/mol. The first-order chi connectivity index (χ1) is 8.19. The molecule has 0 saturated carbocycles. The summed E-state index contributed by atoms with van der Waals surface area (Å²) in [5, 5.41) is 11.9. The van der Waals surface area contributed by atoms with Crippen LogP contribution in [-0.2, 0) is 0 Å². The second-order valence-electron chi connectivity index (χ2n) is 4.46. The standard InChI is InChI=1S/C14H20N2O/c1-11(2)10-13(16-9-8-15)12-6-4-5-7-14(12)17-3/h4-7,11,13,16H,9-10H2,1-3H3/t13-/m1/s1. The summed E-state index contributed by atoms with van der Waals surface area (Å²) in [6.45, 7) is 4.71. The van der Waals surface area contributed by atoms with E-state index in [-0.39, 0.29) is 6.04 Å². The quantitative estimate of drug-likeness (QED) is 0.767. The number of nitrogens with zero attached hydrogens (tertiary/aromatic N) is 1. The highest BCUT2D eigenvalue weighted by molar-refractivity contribution is 5.36. The minimum Gasteiger partial charge on any atom is -0.496 e. The van der Waals surface area contributed by atoms with Crippen molar-refractivity contribution in [1.29, 1.82) is 5.26 Å². The maximum absolute atomic E-state index is 8.68. The van der Waals surface area contributed by atoms with Crippen LogP contribution in [0.3, 0.4) is 0 Å². The van der Waals surface area contributed by atoms with Gasteiger partial charge in [0, 0.05) is 11.6 Å². The van der Waals surface area contributed by atoms with Crippen LogP contribution in [0.4, 0.5) is 0 Å². The summed E-state index contributed by atoms with van der Waals surface area (Å²) in [5.74, 6) is 1.44. The number of para-hydroxylation sites is 1. The maximum atomic E-state index is 8.68. The van der Waals surface area contributed by atoms with Crippen molar-refractivity contribution in [3.05, 3.63) is 29.8 Å². The summed E-state index contributed by atoms with van der Waals surface area (Å²) in [6, 6.07) is 10.3. The topological polar surface area (TPSA) is 45.0 Å². The second-order valence-corrected chi connectivity index (χ2v) is 4.46. The summed E-state index contributed by atoms with van der Waals surface area (Å²) < 4.78 is 5.36. The first-order valence-electron chi connectivity index (χ1n) is 5.92. The molecule has 0 radical (unpaired) electrons. The zero-order valence-corrected chi connectivity index (χ0v) is 10.7. The number of hydrogen-bond acceptors (Lipinski definition) is 3. The molecule has 0 heterocycles. The van der Waals surface area contributed by atoms with E-state index in [0.717, 1.165) is 17.7 Å². The monoisotopic (exact) mass is 232 g/mol. The van der Waals surface area contributed by atoms with Crippen molar-refractivity contribution >= 4 is 0 Å². The third kappa shape index (κ3) is 4.08. The predicted molar refractivity (Wildman–Crippen MR) is 68.8 cm³/mol. The van der Waals surface area contributed by atoms with E-state index in [0.29, 0.717) is 12.5 Å². The Morgan fingerprint density at radius 1 is 1.35 bits per heavy atom. The molecule has 92 valence electrons. The zero-order chi connectivity index (χ0) is 12.7. The van der Waals surface area contributed by atoms with E-state index >= 15 is 0 Å². The van der Waals surface area contributed by atoms with Crippen LogP contribution in [0.1, 0.15) is 31.9 Å². The Labute approximate surface area is 103 Å². The van der Waals surface area contributed by atoms with E-state index in [4.69, 9.17) is 10.00 Å². The second kappa shape index (κ2) is 6.93. The van der Waals surface area contributed by atoms with Crippen molar-refractivity contribution in [3.8, 4) is 11.8 Å². The minimum atomic E-state index is 0.172.